The molecular formula is C29H36BrNO2. The molecule has 33 heavy (non-hydrogen) atoms. The summed E-state index contributed by atoms with van der Waals surface area (Å²) >= 11 is 0. The largest absolute Gasteiger partial charge is 1.00 e. The van der Waals surface area contributed by atoms with Crippen molar-refractivity contribution in [2.24, 2.45) is 5.92 Å². The van der Waals surface area contributed by atoms with Crippen LogP contribution in [-0.2, 0) is 22.4 Å². The second kappa shape index (κ2) is 10.1. The Balaban J connectivity index is 0.00000259. The van der Waals surface area contributed by atoms with Gasteiger partial charge in [0.2, 0.25) is 0 Å². The molecule has 1 aliphatic carbocycles. The summed E-state index contributed by atoms with van der Waals surface area (Å²) in [5.74, 6) is 0.172. The van der Waals surface area contributed by atoms with E-state index in [0.717, 1.165) is 41.4 Å². The molecule has 2 aromatic carbocycles. The normalized spacial score (nSPS) is 25.8. The lowest BCUT2D eigenvalue weighted by molar-refractivity contribution is -0.945. The predicted octanol–water partition coefficient (Wildman–Crippen LogP) is 2.43. The van der Waals surface area contributed by atoms with E-state index in [2.05, 4.69) is 68.5 Å². The first kappa shape index (κ1) is 24.2. The minimum Gasteiger partial charge on any atom is -1.00 e. The number of aryl methyl sites for hydroxylation is 2. The van der Waals surface area contributed by atoms with Gasteiger partial charge in [0.1, 0.15) is 12.5 Å². The number of piperidine rings is 3. The Morgan fingerprint density at radius 2 is 1.55 bits per heavy atom. The van der Waals surface area contributed by atoms with Gasteiger partial charge in [-0.05, 0) is 48.9 Å². The van der Waals surface area contributed by atoms with Gasteiger partial charge in [-0.25, -0.2) is 0 Å². The average Bonchev–Trinajstić information content (AvgIpc) is 2.96. The van der Waals surface area contributed by atoms with Crippen LogP contribution in [0.1, 0.15) is 61.3 Å². The number of hydrogen-bond acceptors (Lipinski definition) is 2. The molecule has 3 saturated heterocycles. The van der Waals surface area contributed by atoms with Crippen molar-refractivity contribution < 1.29 is 31.0 Å². The summed E-state index contributed by atoms with van der Waals surface area (Å²) in [5.41, 5.74) is 6.23. The van der Waals surface area contributed by atoms with Crippen LogP contribution in [0.2, 0.25) is 0 Å². The molecular weight excluding hydrogens is 474 g/mol. The zero-order valence-electron chi connectivity index (χ0n) is 19.9. The highest BCUT2D eigenvalue weighted by Gasteiger charge is 2.48. The molecule has 4 aliphatic rings. The van der Waals surface area contributed by atoms with Gasteiger partial charge in [0.25, 0.3) is 0 Å². The molecule has 0 saturated carbocycles. The number of rotatable bonds is 5. The fraction of sp³-hybridized carbons (Fsp3) is 0.483. The van der Waals surface area contributed by atoms with Gasteiger partial charge in [-0.2, -0.15) is 0 Å². The van der Waals surface area contributed by atoms with Crippen molar-refractivity contribution >= 4 is 5.97 Å². The summed E-state index contributed by atoms with van der Waals surface area (Å²) in [5, 5.41) is 0. The first-order valence-electron chi connectivity index (χ1n) is 12.4. The molecule has 176 valence electrons. The first-order valence-corrected chi connectivity index (χ1v) is 12.4. The van der Waals surface area contributed by atoms with E-state index in [4.69, 9.17) is 4.74 Å². The van der Waals surface area contributed by atoms with Crippen LogP contribution in [-0.4, -0.2) is 42.7 Å². The smallest absolute Gasteiger partial charge is 0.318 e. The zero-order valence-corrected chi connectivity index (χ0v) is 21.5. The van der Waals surface area contributed by atoms with E-state index in [1.807, 2.05) is 0 Å². The minimum atomic E-state index is -0.306. The molecule has 6 rings (SSSR count). The van der Waals surface area contributed by atoms with E-state index in [0.29, 0.717) is 5.92 Å². The highest BCUT2D eigenvalue weighted by molar-refractivity contribution is 5.84. The number of carbonyl (C=O) groups is 1. The fourth-order valence-corrected chi connectivity index (χ4v) is 6.29. The van der Waals surface area contributed by atoms with Crippen molar-refractivity contribution in [1.29, 1.82) is 0 Å². The predicted molar refractivity (Wildman–Crippen MR) is 129 cm³/mol. The van der Waals surface area contributed by atoms with Crippen LogP contribution < -0.4 is 17.0 Å². The number of halogens is 1. The maximum atomic E-state index is 13.8. The third-order valence-electron chi connectivity index (χ3n) is 8.10. The number of carbonyl (C=O) groups excluding carboxylic acids is 1. The number of fused-ring (bicyclic) bond motifs is 5. The number of quaternary nitrogens is 1. The molecule has 3 nitrogen and oxygen atoms in total. The number of esters is 1. The monoisotopic (exact) mass is 509 g/mol. The van der Waals surface area contributed by atoms with Crippen LogP contribution in [0.3, 0.4) is 0 Å². The maximum absolute atomic E-state index is 13.8. The topological polar surface area (TPSA) is 26.3 Å². The second-order valence-corrected chi connectivity index (χ2v) is 10.4. The third kappa shape index (κ3) is 4.97. The lowest BCUT2D eigenvalue weighted by atomic mass is 9.82. The molecule has 0 spiro atoms. The van der Waals surface area contributed by atoms with E-state index >= 15 is 0 Å². The van der Waals surface area contributed by atoms with Crippen LogP contribution in [0.4, 0.5) is 0 Å². The highest BCUT2D eigenvalue weighted by atomic mass is 79.9. The van der Waals surface area contributed by atoms with Crippen molar-refractivity contribution in [3.63, 3.8) is 0 Å². The standard InChI is InChI=1S/C29H36NO2.BrH/c1-21(2)8-7-17-30-18-15-24(16-19-30)27(20-30)32-29(31)28-25-11-5-3-9-22(25)13-14-23-10-4-6-12-26(23)28;/h3-6,8-12,24,27-28H,7,13-20H2,1-2H3;1H/q+1;/p-1/t24?,27-,30?;/m0./s1. The quantitative estimate of drug-likeness (QED) is 0.351. The molecule has 0 radical (unpaired) electrons. The Labute approximate surface area is 209 Å². The molecule has 3 aliphatic heterocycles. The van der Waals surface area contributed by atoms with Crippen LogP contribution in [0, 0.1) is 5.92 Å². The van der Waals surface area contributed by atoms with Gasteiger partial charge in [0, 0.05) is 25.2 Å². The molecule has 3 fully saturated rings. The summed E-state index contributed by atoms with van der Waals surface area (Å²) in [7, 11) is 0. The van der Waals surface area contributed by atoms with E-state index in [1.54, 1.807) is 0 Å². The van der Waals surface area contributed by atoms with E-state index in [-0.39, 0.29) is 35.0 Å². The van der Waals surface area contributed by atoms with Gasteiger partial charge in [-0.1, -0.05) is 60.2 Å². The lowest BCUT2D eigenvalue weighted by Crippen LogP contribution is -3.00. The molecule has 0 aromatic heterocycles. The van der Waals surface area contributed by atoms with Crippen LogP contribution in [0.25, 0.3) is 0 Å². The molecule has 1 atom stereocenters. The van der Waals surface area contributed by atoms with Gasteiger partial charge in [-0.3, -0.25) is 4.79 Å². The lowest BCUT2D eigenvalue weighted by Gasteiger charge is -2.52. The summed E-state index contributed by atoms with van der Waals surface area (Å²) in [6.07, 6.45) is 7.86. The summed E-state index contributed by atoms with van der Waals surface area (Å²) < 4.78 is 7.54. The Morgan fingerprint density at radius 3 is 2.12 bits per heavy atom. The van der Waals surface area contributed by atoms with Crippen LogP contribution in [0.5, 0.6) is 0 Å². The number of ether oxygens (including phenoxy) is 1. The minimum absolute atomic E-state index is 0. The Bertz CT molecular complexity index is 970. The van der Waals surface area contributed by atoms with Crippen LogP contribution in [0.15, 0.2) is 60.2 Å². The summed E-state index contributed by atoms with van der Waals surface area (Å²) in [6, 6.07) is 16.9. The maximum Gasteiger partial charge on any atom is 0.318 e. The second-order valence-electron chi connectivity index (χ2n) is 10.4. The van der Waals surface area contributed by atoms with E-state index in [1.165, 1.54) is 49.2 Å². The molecule has 2 aromatic rings. The SMILES string of the molecule is CC(C)=CCC[N+]12CCC(CC1)[C@@H](OC(=O)C1c3ccccc3CCc3ccccc31)C2.[Br-]. The number of benzene rings is 2. The van der Waals surface area contributed by atoms with Crippen molar-refractivity contribution in [2.75, 3.05) is 26.2 Å². The average molecular weight is 511 g/mol. The highest BCUT2D eigenvalue weighted by Crippen LogP contribution is 2.39. The molecule has 2 bridgehead atoms. The van der Waals surface area contributed by atoms with Gasteiger partial charge in [-0.15, -0.1) is 0 Å². The fourth-order valence-electron chi connectivity index (χ4n) is 6.29. The summed E-state index contributed by atoms with van der Waals surface area (Å²) in [6.45, 7) is 8.99. The zero-order chi connectivity index (χ0) is 22.1. The Hall–Kier alpha value is -1.91. The van der Waals surface area contributed by atoms with Crippen LogP contribution >= 0.6 is 0 Å². The first-order chi connectivity index (χ1) is 15.5. The van der Waals surface area contributed by atoms with Gasteiger partial charge in [0.05, 0.1) is 19.6 Å². The molecule has 4 heteroatoms. The molecule has 3 heterocycles. The Kier molecular flexibility index (Phi) is 7.45. The van der Waals surface area contributed by atoms with Gasteiger partial charge < -0.3 is 26.2 Å². The van der Waals surface area contributed by atoms with E-state index < -0.39 is 0 Å². The van der Waals surface area contributed by atoms with Crippen molar-refractivity contribution in [2.45, 2.75) is 58.0 Å². The summed E-state index contributed by atoms with van der Waals surface area (Å²) in [4.78, 5) is 13.8. The number of allylic oxidation sites excluding steroid dienone is 1. The number of nitrogens with zero attached hydrogens (tertiary/aromatic N) is 1. The number of hydrogen-bond donors (Lipinski definition) is 0. The van der Waals surface area contributed by atoms with Gasteiger partial charge in [0.15, 0.2) is 6.10 Å². The molecule has 0 N–H and O–H groups in total. The van der Waals surface area contributed by atoms with Crippen molar-refractivity contribution in [3.05, 3.63) is 82.4 Å². The van der Waals surface area contributed by atoms with Gasteiger partial charge >= 0.3 is 5.97 Å². The van der Waals surface area contributed by atoms with Crippen molar-refractivity contribution in [1.82, 2.24) is 0 Å². The molecule has 0 amide bonds. The van der Waals surface area contributed by atoms with Crippen molar-refractivity contribution in [3.8, 4) is 0 Å². The molecule has 0 unspecified atom stereocenters. The van der Waals surface area contributed by atoms with E-state index in [9.17, 15) is 4.79 Å². The Morgan fingerprint density at radius 1 is 0.970 bits per heavy atom. The third-order valence-corrected chi connectivity index (χ3v) is 8.10.